The summed E-state index contributed by atoms with van der Waals surface area (Å²) in [5, 5.41) is 0. The normalized spacial score (nSPS) is 8.85. The molecule has 0 radical (unpaired) electrons. The molecule has 96 valence electrons. The van der Waals surface area contributed by atoms with Crippen molar-refractivity contribution in [1.29, 1.82) is 0 Å². The lowest BCUT2D eigenvalue weighted by Crippen LogP contribution is -2.14. The number of rotatable bonds is 2. The predicted octanol–water partition coefficient (Wildman–Crippen LogP) is 3.20. The van der Waals surface area contributed by atoms with Crippen molar-refractivity contribution < 1.29 is 3.79 Å². The lowest BCUT2D eigenvalue weighted by Gasteiger charge is -1.96. The van der Waals surface area contributed by atoms with Crippen molar-refractivity contribution >= 4 is 14.5 Å². The smallest absolute Gasteiger partial charge is 0.482 e. The Bertz CT molecular complexity index is 584. The van der Waals surface area contributed by atoms with E-state index in [2.05, 4.69) is 21.4 Å². The fourth-order valence-electron chi connectivity index (χ4n) is 1.63. The van der Waals surface area contributed by atoms with Gasteiger partial charge in [0.1, 0.15) is 0 Å². The van der Waals surface area contributed by atoms with Gasteiger partial charge in [-0.25, -0.2) is 0 Å². The summed E-state index contributed by atoms with van der Waals surface area (Å²) in [5.74, 6) is 6.30. The Morgan fingerprint density at radius 3 is 1.65 bits per heavy atom. The highest BCUT2D eigenvalue weighted by molar-refractivity contribution is 6.69. The molecule has 0 aromatic heterocycles. The average molecular weight is 274 g/mol. The van der Waals surface area contributed by atoms with Crippen LogP contribution in [-0.4, -0.2) is 21.1 Å². The molecule has 1 nitrogen and oxygen atoms in total. The zero-order chi connectivity index (χ0) is 14.0. The molecule has 0 aliphatic heterocycles. The van der Waals surface area contributed by atoms with Crippen molar-refractivity contribution in [3.8, 4) is 21.4 Å². The van der Waals surface area contributed by atoms with E-state index < -0.39 is 14.5 Å². The zero-order valence-electron chi connectivity index (χ0n) is 11.5. The molecule has 0 heterocycles. The fraction of sp³-hybridized carbons (Fsp3) is 0.111. The van der Waals surface area contributed by atoms with Gasteiger partial charge in [-0.2, -0.15) is 0 Å². The van der Waals surface area contributed by atoms with Crippen LogP contribution in [0.1, 0.15) is 18.1 Å². The van der Waals surface area contributed by atoms with E-state index in [-0.39, 0.29) is 0 Å². The third kappa shape index (κ3) is 4.97. The summed E-state index contributed by atoms with van der Waals surface area (Å²) in [6, 6.07) is 19.9. The van der Waals surface area contributed by atoms with Gasteiger partial charge < -0.3 is 3.79 Å². The van der Waals surface area contributed by atoms with Crippen LogP contribution in [-0.2, 0) is 3.79 Å². The summed E-state index contributed by atoms with van der Waals surface area (Å²) >= 11 is -1.80. The van der Waals surface area contributed by atoms with Crippen molar-refractivity contribution in [1.82, 2.24) is 0 Å². The molecule has 0 amide bonds. The van der Waals surface area contributed by atoms with Crippen LogP contribution in [0.2, 0.25) is 0 Å². The molecular formula is C18H15AlO. The predicted molar refractivity (Wildman–Crippen MR) is 84.0 cm³/mol. The van der Waals surface area contributed by atoms with Crippen LogP contribution in [0.5, 0.6) is 0 Å². The topological polar surface area (TPSA) is 9.23 Å². The minimum Gasteiger partial charge on any atom is -0.482 e. The van der Waals surface area contributed by atoms with Crippen LogP contribution >= 0.6 is 0 Å². The molecule has 2 rings (SSSR count). The van der Waals surface area contributed by atoms with Crippen molar-refractivity contribution in [3.63, 3.8) is 0 Å². The van der Waals surface area contributed by atoms with E-state index in [1.54, 1.807) is 0 Å². The molecule has 0 aliphatic rings. The van der Waals surface area contributed by atoms with Crippen molar-refractivity contribution in [2.24, 2.45) is 0 Å². The molecule has 0 aliphatic carbocycles. The molecule has 0 spiro atoms. The van der Waals surface area contributed by atoms with E-state index in [9.17, 15) is 0 Å². The molecule has 0 saturated heterocycles. The SMILES string of the molecule is CC[O][Al]([C]#Cc1ccccc1)[C]#Cc1ccccc1. The van der Waals surface area contributed by atoms with Gasteiger partial charge in [0, 0.05) is 17.7 Å². The van der Waals surface area contributed by atoms with Gasteiger partial charge in [-0.15, -0.1) is 9.56 Å². The highest BCUT2D eigenvalue weighted by Crippen LogP contribution is 1.97. The third-order valence-corrected chi connectivity index (χ3v) is 4.06. The standard InChI is InChI=1S/2C8H5.C2H5O.Al/c2*1-2-8-6-4-3-5-7-8;1-2-3;/h2*3-7H;2H2,1H3;/q;;-1;+1. The first-order valence-electron chi connectivity index (χ1n) is 6.63. The average Bonchev–Trinajstić information content (AvgIpc) is 2.52. The van der Waals surface area contributed by atoms with Gasteiger partial charge in [-0.05, 0) is 31.2 Å². The van der Waals surface area contributed by atoms with Gasteiger partial charge in [-0.1, -0.05) is 48.2 Å². The van der Waals surface area contributed by atoms with Crippen LogP contribution in [0, 0.1) is 21.4 Å². The summed E-state index contributed by atoms with van der Waals surface area (Å²) in [6.07, 6.45) is 0. The first kappa shape index (κ1) is 14.5. The Balaban J connectivity index is 2.13. The first-order valence-corrected chi connectivity index (χ1v) is 8.26. The lowest BCUT2D eigenvalue weighted by molar-refractivity contribution is 0.359. The monoisotopic (exact) mass is 274 g/mol. The van der Waals surface area contributed by atoms with Gasteiger partial charge in [0.25, 0.3) is 0 Å². The van der Waals surface area contributed by atoms with E-state index in [4.69, 9.17) is 3.79 Å². The van der Waals surface area contributed by atoms with E-state index in [0.29, 0.717) is 6.61 Å². The van der Waals surface area contributed by atoms with Crippen LogP contribution in [0.25, 0.3) is 0 Å². The Hall–Kier alpha value is -1.95. The Morgan fingerprint density at radius 1 is 0.800 bits per heavy atom. The second-order valence-corrected chi connectivity index (χ2v) is 5.78. The van der Waals surface area contributed by atoms with Crippen molar-refractivity contribution in [2.75, 3.05) is 6.61 Å². The van der Waals surface area contributed by atoms with E-state index >= 15 is 0 Å². The Kier molecular flexibility index (Phi) is 5.98. The summed E-state index contributed by atoms with van der Waals surface area (Å²) in [7, 11) is 0. The molecule has 20 heavy (non-hydrogen) atoms. The van der Waals surface area contributed by atoms with E-state index in [1.165, 1.54) is 0 Å². The molecular weight excluding hydrogens is 259 g/mol. The fourth-order valence-corrected chi connectivity index (χ4v) is 2.79. The molecule has 2 aromatic rings. The maximum atomic E-state index is 5.68. The number of benzene rings is 2. The minimum absolute atomic E-state index is 0.657. The van der Waals surface area contributed by atoms with Gasteiger partial charge in [-0.3, -0.25) is 0 Å². The Labute approximate surface area is 125 Å². The number of hydrogen-bond acceptors (Lipinski definition) is 1. The number of hydrogen-bond donors (Lipinski definition) is 0. The van der Waals surface area contributed by atoms with Crippen molar-refractivity contribution in [2.45, 2.75) is 6.92 Å². The van der Waals surface area contributed by atoms with Gasteiger partial charge in [0.15, 0.2) is 0 Å². The first-order chi connectivity index (χ1) is 9.88. The van der Waals surface area contributed by atoms with Crippen molar-refractivity contribution in [3.05, 3.63) is 71.8 Å². The third-order valence-electron chi connectivity index (χ3n) is 2.58. The summed E-state index contributed by atoms with van der Waals surface area (Å²) < 4.78 is 5.68. The second-order valence-electron chi connectivity index (χ2n) is 4.11. The van der Waals surface area contributed by atoms with E-state index in [1.807, 2.05) is 67.6 Å². The van der Waals surface area contributed by atoms with Crippen LogP contribution < -0.4 is 0 Å². The quantitative estimate of drug-likeness (QED) is 0.603. The summed E-state index contributed by atoms with van der Waals surface area (Å²) in [6.45, 7) is 2.64. The maximum Gasteiger partial charge on any atom is 0.677 e. The van der Waals surface area contributed by atoms with Gasteiger partial charge >= 0.3 is 14.5 Å². The second kappa shape index (κ2) is 8.27. The van der Waals surface area contributed by atoms with Crippen LogP contribution in [0.4, 0.5) is 0 Å². The molecule has 2 heteroatoms. The maximum absolute atomic E-state index is 5.68. The van der Waals surface area contributed by atoms with Crippen LogP contribution in [0.15, 0.2) is 60.7 Å². The van der Waals surface area contributed by atoms with E-state index in [0.717, 1.165) is 11.1 Å². The molecule has 0 atom stereocenters. The molecule has 0 bridgehead atoms. The van der Waals surface area contributed by atoms with Gasteiger partial charge in [0.05, 0.1) is 0 Å². The molecule has 0 fully saturated rings. The van der Waals surface area contributed by atoms with Gasteiger partial charge in [0.2, 0.25) is 0 Å². The summed E-state index contributed by atoms with van der Waals surface area (Å²) in [4.78, 5) is 6.40. The largest absolute Gasteiger partial charge is 0.677 e. The lowest BCUT2D eigenvalue weighted by atomic mass is 10.2. The Morgan fingerprint density at radius 2 is 1.25 bits per heavy atom. The molecule has 0 N–H and O–H groups in total. The highest BCUT2D eigenvalue weighted by Gasteiger charge is 2.15. The minimum atomic E-state index is -1.80. The highest BCUT2D eigenvalue weighted by atomic mass is 27.2. The molecule has 2 aromatic carbocycles. The van der Waals surface area contributed by atoms with Crippen LogP contribution in [0.3, 0.4) is 0 Å². The summed E-state index contributed by atoms with van der Waals surface area (Å²) in [5.41, 5.74) is 2.01. The molecule has 0 saturated carbocycles. The molecule has 0 unspecified atom stereocenters. The zero-order valence-corrected chi connectivity index (χ0v) is 12.6.